The Labute approximate surface area is 124 Å². The second-order valence-electron chi connectivity index (χ2n) is 6.67. The van der Waals surface area contributed by atoms with Crippen LogP contribution in [-0.4, -0.2) is 31.6 Å². The van der Waals surface area contributed by atoms with Gasteiger partial charge in [-0.2, -0.15) is 0 Å². The third-order valence-corrected chi connectivity index (χ3v) is 4.50. The normalized spacial score (nSPS) is 19.1. The van der Waals surface area contributed by atoms with Crippen molar-refractivity contribution in [1.29, 1.82) is 0 Å². The second kappa shape index (κ2) is 7.24. The fraction of sp³-hybridized carbons (Fsp3) is 0.667. The Morgan fingerprint density at radius 1 is 1.25 bits per heavy atom. The zero-order chi connectivity index (χ0) is 14.4. The highest BCUT2D eigenvalue weighted by molar-refractivity contribution is 5.28. The molecule has 20 heavy (non-hydrogen) atoms. The van der Waals surface area contributed by atoms with Crippen molar-refractivity contribution in [3.05, 3.63) is 35.4 Å². The number of aryl methyl sites for hydroxylation is 1. The van der Waals surface area contributed by atoms with Crippen molar-refractivity contribution in [3.63, 3.8) is 0 Å². The average molecular weight is 274 g/mol. The minimum atomic E-state index is 0.392. The van der Waals surface area contributed by atoms with Gasteiger partial charge in [0.15, 0.2) is 0 Å². The Bertz CT molecular complexity index is 408. The average Bonchev–Trinajstić information content (AvgIpc) is 2.60. The number of nitrogens with one attached hydrogen (secondary N) is 1. The van der Waals surface area contributed by atoms with Gasteiger partial charge in [0.05, 0.1) is 0 Å². The van der Waals surface area contributed by atoms with Gasteiger partial charge < -0.3 is 5.32 Å². The molecule has 2 rings (SSSR count). The molecule has 0 saturated heterocycles. The van der Waals surface area contributed by atoms with Crippen molar-refractivity contribution in [2.75, 3.05) is 26.7 Å². The Morgan fingerprint density at radius 3 is 2.70 bits per heavy atom. The summed E-state index contributed by atoms with van der Waals surface area (Å²) < 4.78 is 0. The van der Waals surface area contributed by atoms with Gasteiger partial charge in [0.1, 0.15) is 0 Å². The van der Waals surface area contributed by atoms with E-state index in [0.29, 0.717) is 5.41 Å². The number of rotatable bonds is 6. The van der Waals surface area contributed by atoms with Crippen LogP contribution in [0.25, 0.3) is 0 Å². The van der Waals surface area contributed by atoms with Gasteiger partial charge in [-0.25, -0.2) is 0 Å². The van der Waals surface area contributed by atoms with Crippen LogP contribution < -0.4 is 5.32 Å². The van der Waals surface area contributed by atoms with Crippen LogP contribution in [0.5, 0.6) is 0 Å². The van der Waals surface area contributed by atoms with Gasteiger partial charge in [0.2, 0.25) is 0 Å². The first kappa shape index (κ1) is 15.5. The highest BCUT2D eigenvalue weighted by atomic mass is 15.1. The van der Waals surface area contributed by atoms with Gasteiger partial charge in [-0.3, -0.25) is 4.90 Å². The topological polar surface area (TPSA) is 15.3 Å². The summed E-state index contributed by atoms with van der Waals surface area (Å²) in [7, 11) is 2.08. The van der Waals surface area contributed by atoms with E-state index in [1.807, 2.05) is 0 Å². The minimum absolute atomic E-state index is 0.392. The molecule has 0 bridgehead atoms. The van der Waals surface area contributed by atoms with Crippen LogP contribution in [0.3, 0.4) is 0 Å². The van der Waals surface area contributed by atoms with Crippen molar-refractivity contribution >= 4 is 0 Å². The highest BCUT2D eigenvalue weighted by Crippen LogP contribution is 2.27. The summed E-state index contributed by atoms with van der Waals surface area (Å²) in [4.78, 5) is 2.67. The molecule has 1 aromatic carbocycles. The Hall–Kier alpha value is -0.860. The fourth-order valence-corrected chi connectivity index (χ4v) is 3.70. The maximum atomic E-state index is 3.39. The van der Waals surface area contributed by atoms with E-state index in [4.69, 9.17) is 0 Å². The van der Waals surface area contributed by atoms with E-state index in [2.05, 4.69) is 55.4 Å². The molecule has 2 nitrogen and oxygen atoms in total. The quantitative estimate of drug-likeness (QED) is 0.854. The molecule has 0 amide bonds. The SMILES string of the molecule is CCCC(C)(CNC)CN1CCCc2ccccc2C1. The molecule has 0 aromatic heterocycles. The molecule has 0 radical (unpaired) electrons. The Morgan fingerprint density at radius 2 is 2.00 bits per heavy atom. The first-order valence-electron chi connectivity index (χ1n) is 8.10. The maximum absolute atomic E-state index is 3.39. The van der Waals surface area contributed by atoms with Crippen molar-refractivity contribution < 1.29 is 0 Å². The van der Waals surface area contributed by atoms with E-state index in [-0.39, 0.29) is 0 Å². The summed E-state index contributed by atoms with van der Waals surface area (Å²) in [5.41, 5.74) is 3.48. The molecule has 0 fully saturated rings. The molecule has 2 heteroatoms. The summed E-state index contributed by atoms with van der Waals surface area (Å²) in [6, 6.07) is 8.97. The summed E-state index contributed by atoms with van der Waals surface area (Å²) >= 11 is 0. The van der Waals surface area contributed by atoms with Gasteiger partial charge in [-0.1, -0.05) is 44.5 Å². The van der Waals surface area contributed by atoms with Crippen LogP contribution in [0.2, 0.25) is 0 Å². The van der Waals surface area contributed by atoms with E-state index >= 15 is 0 Å². The van der Waals surface area contributed by atoms with Crippen LogP contribution in [0.1, 0.15) is 44.2 Å². The van der Waals surface area contributed by atoms with Gasteiger partial charge in [0.25, 0.3) is 0 Å². The molecule has 0 saturated carbocycles. The van der Waals surface area contributed by atoms with Crippen LogP contribution in [-0.2, 0) is 13.0 Å². The zero-order valence-corrected chi connectivity index (χ0v) is 13.4. The number of nitrogens with zero attached hydrogens (tertiary/aromatic N) is 1. The van der Waals surface area contributed by atoms with E-state index in [9.17, 15) is 0 Å². The lowest BCUT2D eigenvalue weighted by Gasteiger charge is -2.35. The van der Waals surface area contributed by atoms with Crippen LogP contribution in [0.15, 0.2) is 24.3 Å². The number of hydrogen-bond acceptors (Lipinski definition) is 2. The Kier molecular flexibility index (Phi) is 5.62. The van der Waals surface area contributed by atoms with Crippen LogP contribution >= 0.6 is 0 Å². The maximum Gasteiger partial charge on any atom is 0.0236 e. The molecule has 112 valence electrons. The summed E-state index contributed by atoms with van der Waals surface area (Å²) in [5, 5.41) is 3.39. The molecule has 1 aliphatic rings. The lowest BCUT2D eigenvalue weighted by Crippen LogP contribution is -2.41. The smallest absolute Gasteiger partial charge is 0.0236 e. The van der Waals surface area contributed by atoms with Gasteiger partial charge in [-0.15, -0.1) is 0 Å². The largest absolute Gasteiger partial charge is 0.319 e. The molecule has 1 aliphatic heterocycles. The fourth-order valence-electron chi connectivity index (χ4n) is 3.70. The van der Waals surface area contributed by atoms with Gasteiger partial charge in [0, 0.05) is 19.6 Å². The minimum Gasteiger partial charge on any atom is -0.319 e. The highest BCUT2D eigenvalue weighted by Gasteiger charge is 2.26. The van der Waals surface area contributed by atoms with Gasteiger partial charge in [-0.05, 0) is 49.4 Å². The zero-order valence-electron chi connectivity index (χ0n) is 13.4. The predicted octanol–water partition coefficient (Wildman–Crippen LogP) is 3.46. The van der Waals surface area contributed by atoms with E-state index in [1.165, 1.54) is 44.3 Å². The summed E-state index contributed by atoms with van der Waals surface area (Å²) in [6.45, 7) is 9.40. The monoisotopic (exact) mass is 274 g/mol. The third-order valence-electron chi connectivity index (χ3n) is 4.50. The summed E-state index contributed by atoms with van der Waals surface area (Å²) in [6.07, 6.45) is 5.09. The van der Waals surface area contributed by atoms with Crippen molar-refractivity contribution in [2.45, 2.75) is 46.1 Å². The lowest BCUT2D eigenvalue weighted by molar-refractivity contribution is 0.147. The third kappa shape index (κ3) is 4.07. The van der Waals surface area contributed by atoms with E-state index < -0.39 is 0 Å². The number of benzene rings is 1. The molecule has 1 N–H and O–H groups in total. The van der Waals surface area contributed by atoms with Crippen LogP contribution in [0.4, 0.5) is 0 Å². The first-order valence-corrected chi connectivity index (χ1v) is 8.10. The van der Waals surface area contributed by atoms with Crippen molar-refractivity contribution in [1.82, 2.24) is 10.2 Å². The second-order valence-corrected chi connectivity index (χ2v) is 6.67. The molecule has 0 aliphatic carbocycles. The Balaban J connectivity index is 2.05. The molecule has 1 unspecified atom stereocenters. The number of hydrogen-bond donors (Lipinski definition) is 1. The van der Waals surface area contributed by atoms with Crippen molar-refractivity contribution in [2.24, 2.45) is 5.41 Å². The predicted molar refractivity (Wildman–Crippen MR) is 87.0 cm³/mol. The first-order chi connectivity index (χ1) is 9.67. The van der Waals surface area contributed by atoms with Gasteiger partial charge >= 0.3 is 0 Å². The van der Waals surface area contributed by atoms with E-state index in [0.717, 1.165) is 13.1 Å². The molecule has 1 aromatic rings. The summed E-state index contributed by atoms with van der Waals surface area (Å²) in [5.74, 6) is 0. The molecule has 1 heterocycles. The standard InChI is InChI=1S/C18H30N2/c1-4-11-18(2,14-19-3)15-20-12-7-10-16-8-5-6-9-17(16)13-20/h5-6,8-9,19H,4,7,10-15H2,1-3H3. The van der Waals surface area contributed by atoms with E-state index in [1.54, 1.807) is 5.56 Å². The van der Waals surface area contributed by atoms with Crippen LogP contribution in [0, 0.1) is 5.41 Å². The molecule has 0 spiro atoms. The molecular formula is C18H30N2. The number of fused-ring (bicyclic) bond motifs is 1. The molecule has 1 atom stereocenters. The lowest BCUT2D eigenvalue weighted by atomic mass is 9.84. The molecular weight excluding hydrogens is 244 g/mol. The van der Waals surface area contributed by atoms with Crippen molar-refractivity contribution in [3.8, 4) is 0 Å².